The molecule has 2 rings (SSSR count). The van der Waals surface area contributed by atoms with E-state index in [1.54, 1.807) is 0 Å². The summed E-state index contributed by atoms with van der Waals surface area (Å²) in [7, 11) is 0. The van der Waals surface area contributed by atoms with Crippen molar-refractivity contribution in [3.05, 3.63) is 53.6 Å². The van der Waals surface area contributed by atoms with Crippen LogP contribution in [0.1, 0.15) is 17.3 Å². The Morgan fingerprint density at radius 3 is 2.32 bits per heavy atom. The van der Waals surface area contributed by atoms with Gasteiger partial charge in [-0.3, -0.25) is 4.79 Å². The van der Waals surface area contributed by atoms with Crippen molar-refractivity contribution in [3.8, 4) is 16.9 Å². The molecule has 0 aliphatic carbocycles. The molecule has 110 valence electrons. The summed E-state index contributed by atoms with van der Waals surface area (Å²) in [5, 5.41) is 9.12. The Balaban J connectivity index is 0.00000242. The summed E-state index contributed by atoms with van der Waals surface area (Å²) in [5.74, 6) is -3.67. The maximum atomic E-state index is 13.7. The van der Waals surface area contributed by atoms with E-state index in [2.05, 4.69) is 0 Å². The fourth-order valence-corrected chi connectivity index (χ4v) is 1.83. The Bertz CT molecular complexity index is 731. The molecule has 0 saturated heterocycles. The van der Waals surface area contributed by atoms with Gasteiger partial charge in [-0.15, -0.1) is 0 Å². The fraction of sp³-hybridized carbons (Fsp3) is 0.0667. The molecule has 0 spiro atoms. The standard InChI is InChI=1S/C15H10F2O4.Na.H/c1-8(18)21-14-5-2-9(6-12(14)15(19)20)11-4-3-10(16)7-13(11)17;;/h2-7H,1H3,(H,19,20);;. The van der Waals surface area contributed by atoms with Gasteiger partial charge in [0.05, 0.1) is 0 Å². The molecule has 0 saturated carbocycles. The number of hydrogen-bond donors (Lipinski definition) is 1. The van der Waals surface area contributed by atoms with Gasteiger partial charge in [0.1, 0.15) is 22.9 Å². The topological polar surface area (TPSA) is 63.6 Å². The number of rotatable bonds is 3. The van der Waals surface area contributed by atoms with Crippen LogP contribution in [0.15, 0.2) is 36.4 Å². The monoisotopic (exact) mass is 316 g/mol. The Morgan fingerprint density at radius 1 is 1.09 bits per heavy atom. The van der Waals surface area contributed by atoms with Gasteiger partial charge >= 0.3 is 41.5 Å². The number of carbonyl (C=O) groups excluding carboxylic acids is 1. The average Bonchev–Trinajstić information content (AvgIpc) is 2.38. The van der Waals surface area contributed by atoms with E-state index in [0.717, 1.165) is 19.1 Å². The first-order chi connectivity index (χ1) is 9.88. The zero-order valence-corrected chi connectivity index (χ0v) is 10.9. The van der Waals surface area contributed by atoms with Gasteiger partial charge in [-0.2, -0.15) is 0 Å². The first-order valence-electron chi connectivity index (χ1n) is 5.89. The molecular weight excluding hydrogens is 305 g/mol. The zero-order chi connectivity index (χ0) is 15.6. The van der Waals surface area contributed by atoms with E-state index >= 15 is 0 Å². The SMILES string of the molecule is CC(=O)Oc1ccc(-c2ccc(F)cc2F)cc1C(=O)O.[NaH]. The van der Waals surface area contributed by atoms with Gasteiger partial charge in [0.25, 0.3) is 0 Å². The molecule has 0 atom stereocenters. The number of halogens is 2. The molecular formula is C15H11F2NaO4. The van der Waals surface area contributed by atoms with E-state index in [0.29, 0.717) is 6.07 Å². The molecule has 0 fully saturated rings. The molecule has 22 heavy (non-hydrogen) atoms. The third-order valence-corrected chi connectivity index (χ3v) is 2.71. The van der Waals surface area contributed by atoms with E-state index in [-0.39, 0.29) is 52.0 Å². The van der Waals surface area contributed by atoms with Crippen molar-refractivity contribution in [3.63, 3.8) is 0 Å². The molecule has 2 aromatic carbocycles. The third-order valence-electron chi connectivity index (χ3n) is 2.71. The summed E-state index contributed by atoms with van der Waals surface area (Å²) in [6.07, 6.45) is 0. The normalized spacial score (nSPS) is 9.77. The quantitative estimate of drug-likeness (QED) is 0.537. The van der Waals surface area contributed by atoms with Crippen molar-refractivity contribution in [2.24, 2.45) is 0 Å². The van der Waals surface area contributed by atoms with Gasteiger partial charge in [0.2, 0.25) is 0 Å². The predicted octanol–water partition coefficient (Wildman–Crippen LogP) is 2.61. The Kier molecular flexibility index (Phi) is 6.22. The molecule has 0 aliphatic heterocycles. The van der Waals surface area contributed by atoms with Crippen LogP contribution in [0.5, 0.6) is 5.75 Å². The summed E-state index contributed by atoms with van der Waals surface area (Å²) in [5.41, 5.74) is 0.000465. The number of carbonyl (C=O) groups is 2. The van der Waals surface area contributed by atoms with Gasteiger partial charge in [-0.1, -0.05) is 6.07 Å². The van der Waals surface area contributed by atoms with E-state index in [1.807, 2.05) is 0 Å². The van der Waals surface area contributed by atoms with Gasteiger partial charge in [0.15, 0.2) is 0 Å². The predicted molar refractivity (Wildman–Crippen MR) is 77.2 cm³/mol. The molecule has 0 aliphatic rings. The van der Waals surface area contributed by atoms with Crippen LogP contribution in [0.2, 0.25) is 0 Å². The van der Waals surface area contributed by atoms with Crippen LogP contribution in [0, 0.1) is 11.6 Å². The summed E-state index contributed by atoms with van der Waals surface area (Å²) in [6, 6.07) is 6.78. The second kappa shape index (κ2) is 7.49. The van der Waals surface area contributed by atoms with Gasteiger partial charge in [0, 0.05) is 18.6 Å². The van der Waals surface area contributed by atoms with Crippen molar-refractivity contribution in [1.29, 1.82) is 0 Å². The Labute approximate surface area is 147 Å². The van der Waals surface area contributed by atoms with Crippen LogP contribution < -0.4 is 4.74 Å². The Hall–Kier alpha value is -1.76. The number of carboxylic acids is 1. The number of aromatic carboxylic acids is 1. The van der Waals surface area contributed by atoms with Gasteiger partial charge in [-0.25, -0.2) is 13.6 Å². The first kappa shape index (κ1) is 18.3. The van der Waals surface area contributed by atoms with Crippen LogP contribution in [-0.2, 0) is 4.79 Å². The average molecular weight is 316 g/mol. The summed E-state index contributed by atoms with van der Waals surface area (Å²) < 4.78 is 31.4. The molecule has 4 nitrogen and oxygen atoms in total. The van der Waals surface area contributed by atoms with Gasteiger partial charge in [-0.05, 0) is 29.8 Å². The number of hydrogen-bond acceptors (Lipinski definition) is 3. The summed E-state index contributed by atoms with van der Waals surface area (Å²) in [4.78, 5) is 22.1. The van der Waals surface area contributed by atoms with Crippen LogP contribution >= 0.6 is 0 Å². The third kappa shape index (κ3) is 4.13. The molecule has 0 aromatic heterocycles. The van der Waals surface area contributed by atoms with Crippen molar-refractivity contribution in [1.82, 2.24) is 0 Å². The number of esters is 1. The van der Waals surface area contributed by atoms with Crippen molar-refractivity contribution < 1.29 is 28.2 Å². The van der Waals surface area contributed by atoms with Crippen molar-refractivity contribution >= 4 is 41.5 Å². The number of ether oxygens (including phenoxy) is 1. The van der Waals surface area contributed by atoms with E-state index in [9.17, 15) is 18.4 Å². The molecule has 0 radical (unpaired) electrons. The number of carboxylic acid groups (broad SMARTS) is 1. The van der Waals surface area contributed by atoms with Crippen molar-refractivity contribution in [2.45, 2.75) is 6.92 Å². The van der Waals surface area contributed by atoms with E-state index < -0.39 is 23.6 Å². The Morgan fingerprint density at radius 2 is 1.77 bits per heavy atom. The van der Waals surface area contributed by atoms with E-state index in [1.165, 1.54) is 18.2 Å². The first-order valence-corrected chi connectivity index (χ1v) is 5.89. The second-order valence-electron chi connectivity index (χ2n) is 4.23. The zero-order valence-electron chi connectivity index (χ0n) is 10.9. The minimum absolute atomic E-state index is 0. The molecule has 0 unspecified atom stereocenters. The molecule has 0 bridgehead atoms. The van der Waals surface area contributed by atoms with E-state index in [4.69, 9.17) is 9.84 Å². The van der Waals surface area contributed by atoms with Crippen LogP contribution in [0.4, 0.5) is 8.78 Å². The molecule has 1 N–H and O–H groups in total. The van der Waals surface area contributed by atoms with Crippen LogP contribution in [0.3, 0.4) is 0 Å². The number of benzene rings is 2. The fourth-order valence-electron chi connectivity index (χ4n) is 1.83. The van der Waals surface area contributed by atoms with Gasteiger partial charge < -0.3 is 9.84 Å². The summed E-state index contributed by atoms with van der Waals surface area (Å²) in [6.45, 7) is 1.14. The maximum absolute atomic E-state index is 13.7. The second-order valence-corrected chi connectivity index (χ2v) is 4.23. The molecule has 0 heterocycles. The van der Waals surface area contributed by atoms with Crippen molar-refractivity contribution in [2.75, 3.05) is 0 Å². The molecule has 2 aromatic rings. The summed E-state index contributed by atoms with van der Waals surface area (Å²) >= 11 is 0. The van der Waals surface area contributed by atoms with Crippen LogP contribution in [-0.4, -0.2) is 46.6 Å². The van der Waals surface area contributed by atoms with Crippen LogP contribution in [0.25, 0.3) is 11.1 Å². The molecule has 0 amide bonds. The minimum atomic E-state index is -1.32. The molecule has 7 heteroatoms.